The van der Waals surface area contributed by atoms with E-state index in [-0.39, 0.29) is 12.3 Å². The molecule has 0 aromatic rings. The summed E-state index contributed by atoms with van der Waals surface area (Å²) in [6, 6.07) is -0.552. The van der Waals surface area contributed by atoms with E-state index < -0.39 is 20.2 Å². The summed E-state index contributed by atoms with van der Waals surface area (Å²) in [5.41, 5.74) is 0. The average molecular weight is 187 g/mol. The zero-order valence-electron chi connectivity index (χ0n) is 7.50. The van der Waals surface area contributed by atoms with Crippen molar-refractivity contribution in [2.45, 2.75) is 32.1 Å². The summed E-state index contributed by atoms with van der Waals surface area (Å²) in [6.45, 7) is 5.92. The maximum absolute atomic E-state index is 11.1. The first-order valence-corrected chi connectivity index (χ1v) is 7.33. The van der Waals surface area contributed by atoms with Crippen molar-refractivity contribution >= 4 is 20.1 Å². The van der Waals surface area contributed by atoms with E-state index in [1.54, 1.807) is 4.57 Å². The molecule has 1 atom stereocenters. The highest BCUT2D eigenvalue weighted by Crippen LogP contribution is 2.26. The first kappa shape index (κ1) is 9.25. The standard InChI is InChI=1S/C7H13NO3Si/c1-12(2,3)8-5(7(10)11)4-6(8)9/h5H,4H2,1-3H3,(H,10,11)/t5-/m0/s1. The second-order valence-electron chi connectivity index (χ2n) is 3.99. The van der Waals surface area contributed by atoms with Gasteiger partial charge in [0.1, 0.15) is 6.04 Å². The zero-order valence-corrected chi connectivity index (χ0v) is 8.50. The van der Waals surface area contributed by atoms with Gasteiger partial charge in [-0.25, -0.2) is 0 Å². The number of carbonyl (C=O) groups excluding carboxylic acids is 1. The fraction of sp³-hybridized carbons (Fsp3) is 0.714. The Kier molecular flexibility index (Phi) is 1.99. The fourth-order valence-corrected chi connectivity index (χ4v) is 3.43. The third-order valence-electron chi connectivity index (χ3n) is 1.96. The van der Waals surface area contributed by atoms with Crippen LogP contribution in [0.25, 0.3) is 0 Å². The van der Waals surface area contributed by atoms with E-state index >= 15 is 0 Å². The lowest BCUT2D eigenvalue weighted by molar-refractivity contribution is -0.156. The van der Waals surface area contributed by atoms with Crippen LogP contribution in [0.15, 0.2) is 0 Å². The Labute approximate surface area is 72.3 Å². The van der Waals surface area contributed by atoms with Gasteiger partial charge in [0.2, 0.25) is 5.91 Å². The maximum Gasteiger partial charge on any atom is 0.326 e. The average Bonchev–Trinajstić information content (AvgIpc) is 1.77. The Hall–Kier alpha value is -0.843. The highest BCUT2D eigenvalue weighted by atomic mass is 28.3. The van der Waals surface area contributed by atoms with Crippen LogP contribution in [0.4, 0.5) is 0 Å². The molecule has 1 heterocycles. The van der Waals surface area contributed by atoms with Crippen molar-refractivity contribution in [3.05, 3.63) is 0 Å². The largest absolute Gasteiger partial charge is 0.480 e. The fourth-order valence-electron chi connectivity index (χ4n) is 1.46. The quantitative estimate of drug-likeness (QED) is 0.506. The molecule has 1 N–H and O–H groups in total. The summed E-state index contributed by atoms with van der Waals surface area (Å²) in [5.74, 6) is -0.890. The molecule has 5 heteroatoms. The minimum Gasteiger partial charge on any atom is -0.480 e. The predicted octanol–water partition coefficient (Wildman–Crippen LogP) is 0.507. The molecular formula is C7H13NO3Si. The number of nitrogens with zero attached hydrogens (tertiary/aromatic N) is 1. The molecule has 0 saturated carbocycles. The minimum absolute atomic E-state index is 0.0124. The highest BCUT2D eigenvalue weighted by molar-refractivity contribution is 6.76. The summed E-state index contributed by atoms with van der Waals surface area (Å²) in [6.07, 6.45) is 0.180. The number of hydrogen-bond donors (Lipinski definition) is 1. The van der Waals surface area contributed by atoms with Crippen molar-refractivity contribution in [2.24, 2.45) is 0 Å². The van der Waals surface area contributed by atoms with Crippen LogP contribution in [0.5, 0.6) is 0 Å². The van der Waals surface area contributed by atoms with Gasteiger partial charge in [-0.05, 0) is 0 Å². The van der Waals surface area contributed by atoms with Gasteiger partial charge in [0.25, 0.3) is 0 Å². The molecule has 0 aliphatic carbocycles. The van der Waals surface area contributed by atoms with E-state index in [0.717, 1.165) is 0 Å². The molecule has 1 saturated heterocycles. The molecule has 4 nitrogen and oxygen atoms in total. The molecule has 0 spiro atoms. The van der Waals surface area contributed by atoms with Crippen LogP contribution >= 0.6 is 0 Å². The Balaban J connectivity index is 2.75. The van der Waals surface area contributed by atoms with E-state index in [1.165, 1.54) is 0 Å². The lowest BCUT2D eigenvalue weighted by Crippen LogP contribution is -2.66. The van der Waals surface area contributed by atoms with Gasteiger partial charge in [-0.2, -0.15) is 0 Å². The molecule has 1 aliphatic heterocycles. The van der Waals surface area contributed by atoms with Crippen molar-refractivity contribution in [3.63, 3.8) is 0 Å². The van der Waals surface area contributed by atoms with Crippen LogP contribution in [-0.2, 0) is 9.59 Å². The molecule has 0 aromatic heterocycles. The van der Waals surface area contributed by atoms with E-state index in [1.807, 2.05) is 19.6 Å². The normalized spacial score (nSPS) is 23.8. The summed E-state index contributed by atoms with van der Waals surface area (Å²) < 4.78 is 1.55. The first-order valence-electron chi connectivity index (χ1n) is 3.89. The third kappa shape index (κ3) is 1.36. The lowest BCUT2D eigenvalue weighted by Gasteiger charge is -2.46. The van der Waals surface area contributed by atoms with E-state index in [4.69, 9.17) is 5.11 Å². The van der Waals surface area contributed by atoms with Crippen LogP contribution < -0.4 is 0 Å². The number of carboxylic acids is 1. The molecule has 0 bridgehead atoms. The Morgan fingerprint density at radius 1 is 1.58 bits per heavy atom. The SMILES string of the molecule is C[Si](C)(C)N1C(=O)C[C@H]1C(=O)O. The molecule has 0 aromatic carbocycles. The number of rotatable bonds is 2. The third-order valence-corrected chi connectivity index (χ3v) is 3.96. The number of aliphatic carboxylic acids is 1. The van der Waals surface area contributed by atoms with Gasteiger partial charge in [0.05, 0.1) is 6.42 Å². The lowest BCUT2D eigenvalue weighted by atomic mass is 10.1. The molecule has 0 unspecified atom stereocenters. The summed E-state index contributed by atoms with van der Waals surface area (Å²) >= 11 is 0. The molecule has 1 rings (SSSR count). The summed E-state index contributed by atoms with van der Waals surface area (Å²) in [5, 5.41) is 8.71. The van der Waals surface area contributed by atoms with Gasteiger partial charge in [0.15, 0.2) is 8.24 Å². The van der Waals surface area contributed by atoms with Crippen LogP contribution in [-0.4, -0.2) is 35.8 Å². The monoisotopic (exact) mass is 187 g/mol. The maximum atomic E-state index is 11.1. The van der Waals surface area contributed by atoms with Crippen molar-refractivity contribution in [2.75, 3.05) is 0 Å². The first-order chi connectivity index (χ1) is 5.34. The molecular weight excluding hydrogens is 174 g/mol. The molecule has 1 aliphatic rings. The van der Waals surface area contributed by atoms with Gasteiger partial charge in [-0.15, -0.1) is 0 Å². The summed E-state index contributed by atoms with van der Waals surface area (Å²) in [4.78, 5) is 21.7. The molecule has 0 radical (unpaired) electrons. The smallest absolute Gasteiger partial charge is 0.326 e. The number of hydrogen-bond acceptors (Lipinski definition) is 2. The van der Waals surface area contributed by atoms with Crippen LogP contribution in [0.1, 0.15) is 6.42 Å². The van der Waals surface area contributed by atoms with Crippen molar-refractivity contribution in [1.82, 2.24) is 4.57 Å². The van der Waals surface area contributed by atoms with Crippen LogP contribution in [0.3, 0.4) is 0 Å². The van der Waals surface area contributed by atoms with Crippen LogP contribution in [0.2, 0.25) is 19.6 Å². The van der Waals surface area contributed by atoms with Gasteiger partial charge >= 0.3 is 5.97 Å². The van der Waals surface area contributed by atoms with Crippen molar-refractivity contribution < 1.29 is 14.7 Å². The molecule has 1 amide bonds. The topological polar surface area (TPSA) is 57.6 Å². The van der Waals surface area contributed by atoms with Gasteiger partial charge in [-0.3, -0.25) is 9.59 Å². The number of carbonyl (C=O) groups is 2. The second kappa shape index (κ2) is 2.58. The van der Waals surface area contributed by atoms with Gasteiger partial charge in [-0.1, -0.05) is 19.6 Å². The molecule has 12 heavy (non-hydrogen) atoms. The number of β-lactam (4-membered cyclic amide) rings is 1. The van der Waals surface area contributed by atoms with E-state index in [2.05, 4.69) is 0 Å². The van der Waals surface area contributed by atoms with E-state index in [9.17, 15) is 9.59 Å². The van der Waals surface area contributed by atoms with Crippen molar-refractivity contribution in [1.29, 1.82) is 0 Å². The van der Waals surface area contributed by atoms with Gasteiger partial charge in [0, 0.05) is 0 Å². The zero-order chi connectivity index (χ0) is 9.52. The Bertz CT molecular complexity index is 233. The van der Waals surface area contributed by atoms with Gasteiger partial charge < -0.3 is 9.67 Å². The molecule has 68 valence electrons. The summed E-state index contributed by atoms with van der Waals surface area (Å²) in [7, 11) is -1.76. The minimum atomic E-state index is -1.76. The number of carboxylic acid groups (broad SMARTS) is 1. The van der Waals surface area contributed by atoms with Crippen LogP contribution in [0, 0.1) is 0 Å². The predicted molar refractivity (Wildman–Crippen MR) is 46.2 cm³/mol. The Morgan fingerprint density at radius 2 is 2.08 bits per heavy atom. The van der Waals surface area contributed by atoms with E-state index in [0.29, 0.717) is 0 Å². The highest BCUT2D eigenvalue weighted by Gasteiger charge is 2.47. The number of amides is 1. The van der Waals surface area contributed by atoms with Crippen molar-refractivity contribution in [3.8, 4) is 0 Å². The Morgan fingerprint density at radius 3 is 2.25 bits per heavy atom. The molecule has 1 fully saturated rings. The second-order valence-corrected chi connectivity index (χ2v) is 8.82.